The Morgan fingerprint density at radius 2 is 1.35 bits per heavy atom. The molecule has 6 unspecified atom stereocenters. The highest BCUT2D eigenvalue weighted by Gasteiger charge is 2.53. The predicted molar refractivity (Wildman–Crippen MR) is 136 cm³/mol. The summed E-state index contributed by atoms with van der Waals surface area (Å²) < 4.78 is 20.7. The van der Waals surface area contributed by atoms with Gasteiger partial charge in [0, 0.05) is 24.0 Å². The molecule has 37 heavy (non-hydrogen) atoms. The summed E-state index contributed by atoms with van der Waals surface area (Å²) in [7, 11) is 0. The highest BCUT2D eigenvalue weighted by Crippen LogP contribution is 2.52. The van der Waals surface area contributed by atoms with Crippen LogP contribution < -0.4 is 0 Å². The number of fused-ring (bicyclic) bond motifs is 4. The molecule has 0 radical (unpaired) electrons. The van der Waals surface area contributed by atoms with E-state index in [-0.39, 0.29) is 25.0 Å². The molecular formula is C29H38O8. The second kappa shape index (κ2) is 11.9. The summed E-state index contributed by atoms with van der Waals surface area (Å²) in [5.41, 5.74) is -0.825. The fourth-order valence-corrected chi connectivity index (χ4v) is 6.13. The fraction of sp³-hybridized carbons (Fsp3) is 0.586. The van der Waals surface area contributed by atoms with Gasteiger partial charge in [-0.05, 0) is 49.9 Å². The van der Waals surface area contributed by atoms with Crippen molar-refractivity contribution < 1.29 is 38.1 Å². The second-order valence-electron chi connectivity index (χ2n) is 10.5. The van der Waals surface area contributed by atoms with Gasteiger partial charge in [-0.1, -0.05) is 58.2 Å². The molecule has 0 aliphatic heterocycles. The molecule has 6 atom stereocenters. The number of esters is 4. The van der Waals surface area contributed by atoms with Crippen molar-refractivity contribution in [3.05, 3.63) is 49.6 Å². The third kappa shape index (κ3) is 6.40. The van der Waals surface area contributed by atoms with Gasteiger partial charge in [0.2, 0.25) is 0 Å². The van der Waals surface area contributed by atoms with Crippen LogP contribution in [0.4, 0.5) is 0 Å². The molecule has 4 aliphatic carbocycles. The smallest absolute Gasteiger partial charge is 0.344 e. The fourth-order valence-electron chi connectivity index (χ4n) is 6.13. The van der Waals surface area contributed by atoms with Gasteiger partial charge in [-0.15, -0.1) is 0 Å². The standard InChI is InChI=1S/C15H20O4.C14H18O4/c1-4-13(16)18-9-14(17)19-15(10(2)3)8-11-5-6-12(15)7-11;1-3-12(15)17-9-13(16)18-14(4-2)8-10-5-6-11(14)7-10/h4-6,10-12H,1,7-9H2,2-3H3;3,5-6,10-11H,1,4,7-9H2,2H3. The van der Waals surface area contributed by atoms with Gasteiger partial charge in [0.05, 0.1) is 0 Å². The number of carbonyl (C=O) groups is 4. The molecule has 8 nitrogen and oxygen atoms in total. The zero-order valence-corrected chi connectivity index (χ0v) is 22.0. The summed E-state index contributed by atoms with van der Waals surface area (Å²) in [6.45, 7) is 12.0. The minimum atomic E-state index is -0.608. The van der Waals surface area contributed by atoms with Crippen molar-refractivity contribution in [1.82, 2.24) is 0 Å². The lowest BCUT2D eigenvalue weighted by Crippen LogP contribution is -2.45. The SMILES string of the molecule is C=CC(=O)OCC(=O)OC1(C(C)C)CC2C=CC1C2.C=CC(=O)OCC(=O)OC1(CC)CC2C=CC1C2. The predicted octanol–water partition coefficient (Wildman–Crippen LogP) is 4.25. The van der Waals surface area contributed by atoms with Gasteiger partial charge >= 0.3 is 23.9 Å². The van der Waals surface area contributed by atoms with Crippen LogP contribution in [0.25, 0.3) is 0 Å². The topological polar surface area (TPSA) is 105 Å². The van der Waals surface area contributed by atoms with Crippen molar-refractivity contribution in [1.29, 1.82) is 0 Å². The highest BCUT2D eigenvalue weighted by atomic mass is 16.6. The Balaban J connectivity index is 0.000000206. The molecule has 0 saturated heterocycles. The van der Waals surface area contributed by atoms with Gasteiger partial charge in [-0.2, -0.15) is 0 Å². The Hall–Kier alpha value is -3.16. The molecule has 0 spiro atoms. The zero-order chi connectivity index (χ0) is 27.2. The van der Waals surface area contributed by atoms with E-state index in [4.69, 9.17) is 14.2 Å². The number of allylic oxidation sites excluding steroid dienone is 2. The molecule has 0 amide bonds. The largest absolute Gasteiger partial charge is 0.456 e. The lowest BCUT2D eigenvalue weighted by Gasteiger charge is -2.38. The summed E-state index contributed by atoms with van der Waals surface area (Å²) >= 11 is 0. The molecule has 0 N–H and O–H groups in total. The molecule has 8 heteroatoms. The van der Waals surface area contributed by atoms with Crippen LogP contribution in [0.15, 0.2) is 49.6 Å². The first-order chi connectivity index (χ1) is 17.6. The maximum absolute atomic E-state index is 11.8. The number of ether oxygens (including phenoxy) is 4. The third-order valence-corrected chi connectivity index (χ3v) is 8.03. The highest BCUT2D eigenvalue weighted by molar-refractivity contribution is 5.84. The van der Waals surface area contributed by atoms with E-state index in [1.807, 2.05) is 6.92 Å². The summed E-state index contributed by atoms with van der Waals surface area (Å²) in [6, 6.07) is 0. The number of rotatable bonds is 10. The lowest BCUT2D eigenvalue weighted by atomic mass is 9.79. The average molecular weight is 515 g/mol. The van der Waals surface area contributed by atoms with Crippen molar-refractivity contribution in [2.45, 2.75) is 64.1 Å². The zero-order valence-electron chi connectivity index (χ0n) is 22.0. The van der Waals surface area contributed by atoms with Crippen molar-refractivity contribution in [2.75, 3.05) is 13.2 Å². The van der Waals surface area contributed by atoms with Gasteiger partial charge in [0.25, 0.3) is 0 Å². The number of hydrogen-bond donors (Lipinski definition) is 0. The maximum atomic E-state index is 11.8. The number of carbonyl (C=O) groups excluding carboxylic acids is 4. The van der Waals surface area contributed by atoms with Crippen LogP contribution in [-0.2, 0) is 38.1 Å². The Morgan fingerprint density at radius 1 is 0.838 bits per heavy atom. The van der Waals surface area contributed by atoms with Crippen LogP contribution in [0.2, 0.25) is 0 Å². The van der Waals surface area contributed by atoms with Gasteiger partial charge in [-0.3, -0.25) is 0 Å². The minimum absolute atomic E-state index is 0.242. The summed E-state index contributed by atoms with van der Waals surface area (Å²) in [4.78, 5) is 45.4. The molecule has 0 aromatic carbocycles. The van der Waals surface area contributed by atoms with E-state index in [9.17, 15) is 19.2 Å². The van der Waals surface area contributed by atoms with Crippen LogP contribution in [0.5, 0.6) is 0 Å². The van der Waals surface area contributed by atoms with E-state index in [0.29, 0.717) is 17.8 Å². The molecule has 202 valence electrons. The van der Waals surface area contributed by atoms with Gasteiger partial charge in [0.15, 0.2) is 13.2 Å². The van der Waals surface area contributed by atoms with E-state index in [1.165, 1.54) is 0 Å². The van der Waals surface area contributed by atoms with Crippen molar-refractivity contribution >= 4 is 23.9 Å². The van der Waals surface area contributed by atoms with Crippen LogP contribution in [0.1, 0.15) is 52.9 Å². The Bertz CT molecular complexity index is 978. The van der Waals surface area contributed by atoms with Crippen molar-refractivity contribution in [3.8, 4) is 0 Å². The van der Waals surface area contributed by atoms with E-state index in [1.54, 1.807) is 0 Å². The van der Waals surface area contributed by atoms with E-state index >= 15 is 0 Å². The third-order valence-electron chi connectivity index (χ3n) is 8.03. The number of hydrogen-bond acceptors (Lipinski definition) is 8. The van der Waals surface area contributed by atoms with Crippen LogP contribution in [-0.4, -0.2) is 48.3 Å². The quantitative estimate of drug-likeness (QED) is 0.184. The molecule has 4 rings (SSSR count). The first-order valence-corrected chi connectivity index (χ1v) is 13.0. The molecule has 4 bridgehead atoms. The van der Waals surface area contributed by atoms with Gasteiger partial charge < -0.3 is 18.9 Å². The maximum Gasteiger partial charge on any atom is 0.344 e. The summed E-state index contributed by atoms with van der Waals surface area (Å²) in [6.07, 6.45) is 15.4. The van der Waals surface area contributed by atoms with Crippen LogP contribution in [0.3, 0.4) is 0 Å². The van der Waals surface area contributed by atoms with Crippen molar-refractivity contribution in [2.24, 2.45) is 29.6 Å². The monoisotopic (exact) mass is 514 g/mol. The second-order valence-corrected chi connectivity index (χ2v) is 10.5. The van der Waals surface area contributed by atoms with E-state index in [0.717, 1.165) is 44.3 Å². The van der Waals surface area contributed by atoms with Gasteiger partial charge in [-0.25, -0.2) is 19.2 Å². The first kappa shape index (κ1) is 28.4. The normalized spacial score (nSPS) is 31.9. The molecule has 4 aliphatic rings. The summed E-state index contributed by atoms with van der Waals surface area (Å²) in [5, 5.41) is 0. The van der Waals surface area contributed by atoms with E-state index < -0.39 is 35.1 Å². The van der Waals surface area contributed by atoms with E-state index in [2.05, 4.69) is 56.0 Å². The summed E-state index contributed by atoms with van der Waals surface area (Å²) in [5.74, 6) is -0.296. The molecule has 2 fully saturated rings. The van der Waals surface area contributed by atoms with Crippen LogP contribution in [0, 0.1) is 29.6 Å². The Morgan fingerprint density at radius 3 is 1.73 bits per heavy atom. The Labute approximate surface area is 218 Å². The molecule has 0 aromatic rings. The molecule has 2 saturated carbocycles. The lowest BCUT2D eigenvalue weighted by molar-refractivity contribution is -0.176. The van der Waals surface area contributed by atoms with Gasteiger partial charge in [0.1, 0.15) is 11.2 Å². The molecule has 0 heterocycles. The first-order valence-electron chi connectivity index (χ1n) is 13.0. The Kier molecular flexibility index (Phi) is 9.16. The van der Waals surface area contributed by atoms with Crippen LogP contribution >= 0.6 is 0 Å². The van der Waals surface area contributed by atoms with Crippen molar-refractivity contribution in [3.63, 3.8) is 0 Å². The minimum Gasteiger partial charge on any atom is -0.456 e. The molecular weight excluding hydrogens is 476 g/mol. The molecule has 0 aromatic heterocycles. The average Bonchev–Trinajstić information content (AvgIpc) is 3.68.